The molecule has 3 rings (SSSR count). The first kappa shape index (κ1) is 19.0. The molecular weight excluding hydrogens is 340 g/mol. The quantitative estimate of drug-likeness (QED) is 0.789. The van der Waals surface area contributed by atoms with Crippen molar-refractivity contribution in [1.82, 2.24) is 15.2 Å². The van der Waals surface area contributed by atoms with Crippen LogP contribution in [0.5, 0.6) is 0 Å². The van der Waals surface area contributed by atoms with Crippen molar-refractivity contribution in [3.63, 3.8) is 0 Å². The molecule has 142 valence electrons. The van der Waals surface area contributed by atoms with Crippen LogP contribution < -0.4 is 10.6 Å². The average molecular weight is 366 g/mol. The molecule has 2 amide bonds. The van der Waals surface area contributed by atoms with Crippen LogP contribution in [0.1, 0.15) is 29.5 Å². The second-order valence-electron chi connectivity index (χ2n) is 7.18. The highest BCUT2D eigenvalue weighted by atomic mass is 16.2. The van der Waals surface area contributed by atoms with E-state index in [1.165, 1.54) is 5.56 Å². The molecule has 0 radical (unpaired) electrons. The Balaban J connectivity index is 1.64. The van der Waals surface area contributed by atoms with Crippen molar-refractivity contribution < 1.29 is 9.59 Å². The summed E-state index contributed by atoms with van der Waals surface area (Å²) in [5.74, 6) is 0.0278. The molecule has 1 aliphatic rings. The lowest BCUT2D eigenvalue weighted by atomic mass is 10.1. The molecule has 1 saturated heterocycles. The Morgan fingerprint density at radius 2 is 2.00 bits per heavy atom. The second-order valence-corrected chi connectivity index (χ2v) is 7.18. The molecule has 6 heteroatoms. The highest BCUT2D eigenvalue weighted by Crippen LogP contribution is 2.15. The van der Waals surface area contributed by atoms with Crippen LogP contribution in [0.25, 0.3) is 0 Å². The molecule has 0 aliphatic carbocycles. The van der Waals surface area contributed by atoms with E-state index in [4.69, 9.17) is 0 Å². The number of aromatic nitrogens is 1. The van der Waals surface area contributed by atoms with E-state index < -0.39 is 0 Å². The van der Waals surface area contributed by atoms with Crippen LogP contribution in [0, 0.1) is 13.8 Å². The lowest BCUT2D eigenvalue weighted by molar-refractivity contribution is -0.119. The van der Waals surface area contributed by atoms with Gasteiger partial charge >= 0.3 is 0 Å². The minimum atomic E-state index is -0.0587. The second kappa shape index (κ2) is 8.77. The largest absolute Gasteiger partial charge is 0.352 e. The zero-order valence-electron chi connectivity index (χ0n) is 15.9. The summed E-state index contributed by atoms with van der Waals surface area (Å²) in [6.45, 7) is 5.63. The summed E-state index contributed by atoms with van der Waals surface area (Å²) in [5.41, 5.74) is 4.24. The van der Waals surface area contributed by atoms with Gasteiger partial charge in [0.15, 0.2) is 0 Å². The first-order chi connectivity index (χ1) is 13.0. The summed E-state index contributed by atoms with van der Waals surface area (Å²) >= 11 is 0. The third-order valence-corrected chi connectivity index (χ3v) is 4.88. The smallest absolute Gasteiger partial charge is 0.238 e. The van der Waals surface area contributed by atoms with E-state index in [1.54, 1.807) is 12.4 Å². The standard InChI is InChI=1S/C21H26N4O2/c1-15-3-4-18(11-16(15)2)23-21(27)14-25(12-17-7-9-22-10-8-17)13-19-5-6-20(26)24-19/h3-4,7-11,19H,5-6,12-14H2,1-2H3,(H,23,27)(H,24,26)/t19-/m0/s1. The number of aryl methyl sites for hydroxylation is 2. The van der Waals surface area contributed by atoms with E-state index >= 15 is 0 Å². The van der Waals surface area contributed by atoms with E-state index in [2.05, 4.69) is 20.5 Å². The van der Waals surface area contributed by atoms with Crippen LogP contribution in [0.3, 0.4) is 0 Å². The van der Waals surface area contributed by atoms with Gasteiger partial charge in [0.05, 0.1) is 6.54 Å². The Morgan fingerprint density at radius 1 is 1.22 bits per heavy atom. The first-order valence-corrected chi connectivity index (χ1v) is 9.27. The monoisotopic (exact) mass is 366 g/mol. The van der Waals surface area contributed by atoms with E-state index in [1.807, 2.05) is 44.2 Å². The summed E-state index contributed by atoms with van der Waals surface area (Å²) in [6, 6.07) is 9.90. The Labute approximate surface area is 160 Å². The molecule has 1 atom stereocenters. The number of nitrogens with one attached hydrogen (secondary N) is 2. The molecule has 1 aliphatic heterocycles. The Morgan fingerprint density at radius 3 is 2.67 bits per heavy atom. The molecule has 2 aromatic rings. The minimum Gasteiger partial charge on any atom is -0.352 e. The van der Waals surface area contributed by atoms with Gasteiger partial charge in [0, 0.05) is 43.6 Å². The minimum absolute atomic E-state index is 0.0587. The highest BCUT2D eigenvalue weighted by molar-refractivity contribution is 5.92. The molecule has 0 spiro atoms. The Hall–Kier alpha value is -2.73. The highest BCUT2D eigenvalue weighted by Gasteiger charge is 2.24. The number of amides is 2. The van der Waals surface area contributed by atoms with Crippen LogP contribution in [-0.4, -0.2) is 40.8 Å². The van der Waals surface area contributed by atoms with Crippen molar-refractivity contribution in [2.24, 2.45) is 0 Å². The molecule has 1 aromatic heterocycles. The van der Waals surface area contributed by atoms with Gasteiger partial charge in [-0.25, -0.2) is 0 Å². The molecule has 1 aromatic carbocycles. The van der Waals surface area contributed by atoms with Crippen LogP contribution in [0.2, 0.25) is 0 Å². The number of hydrogen-bond donors (Lipinski definition) is 2. The van der Waals surface area contributed by atoms with E-state index in [0.717, 1.165) is 23.2 Å². The number of hydrogen-bond acceptors (Lipinski definition) is 4. The number of carbonyl (C=O) groups excluding carboxylic acids is 2. The van der Waals surface area contributed by atoms with Crippen LogP contribution in [-0.2, 0) is 16.1 Å². The van der Waals surface area contributed by atoms with Gasteiger partial charge in [0.1, 0.15) is 0 Å². The van der Waals surface area contributed by atoms with Crippen molar-refractivity contribution in [2.75, 3.05) is 18.4 Å². The SMILES string of the molecule is Cc1ccc(NC(=O)CN(Cc2ccncc2)C[C@@H]2CCC(=O)N2)cc1C. The van der Waals surface area contributed by atoms with Crippen molar-refractivity contribution >= 4 is 17.5 Å². The van der Waals surface area contributed by atoms with Gasteiger partial charge < -0.3 is 10.6 Å². The molecule has 2 N–H and O–H groups in total. The van der Waals surface area contributed by atoms with Gasteiger partial charge in [-0.05, 0) is 61.2 Å². The van der Waals surface area contributed by atoms with Crippen molar-refractivity contribution in [2.45, 2.75) is 39.3 Å². The lowest BCUT2D eigenvalue weighted by Gasteiger charge is -2.25. The van der Waals surface area contributed by atoms with Gasteiger partial charge in [-0.2, -0.15) is 0 Å². The summed E-state index contributed by atoms with van der Waals surface area (Å²) in [6.07, 6.45) is 4.87. The normalized spacial score (nSPS) is 16.4. The van der Waals surface area contributed by atoms with E-state index in [0.29, 0.717) is 19.5 Å². The maximum atomic E-state index is 12.6. The number of pyridine rings is 1. The molecule has 0 bridgehead atoms. The summed E-state index contributed by atoms with van der Waals surface area (Å²) in [5, 5.41) is 5.96. The van der Waals surface area contributed by atoms with Crippen molar-refractivity contribution in [1.29, 1.82) is 0 Å². The fourth-order valence-corrected chi connectivity index (χ4v) is 3.28. The fraction of sp³-hybridized carbons (Fsp3) is 0.381. The number of nitrogens with zero attached hydrogens (tertiary/aromatic N) is 2. The number of benzene rings is 1. The van der Waals surface area contributed by atoms with Crippen LogP contribution in [0.4, 0.5) is 5.69 Å². The van der Waals surface area contributed by atoms with Crippen molar-refractivity contribution in [3.05, 3.63) is 59.4 Å². The van der Waals surface area contributed by atoms with Gasteiger partial charge in [0.2, 0.25) is 11.8 Å². The molecule has 6 nitrogen and oxygen atoms in total. The number of anilines is 1. The molecule has 0 saturated carbocycles. The van der Waals surface area contributed by atoms with Crippen molar-refractivity contribution in [3.8, 4) is 0 Å². The van der Waals surface area contributed by atoms with Gasteiger partial charge in [-0.15, -0.1) is 0 Å². The summed E-state index contributed by atoms with van der Waals surface area (Å²) < 4.78 is 0. The third kappa shape index (κ3) is 5.62. The number of rotatable bonds is 7. The van der Waals surface area contributed by atoms with Crippen LogP contribution >= 0.6 is 0 Å². The molecule has 27 heavy (non-hydrogen) atoms. The predicted molar refractivity (Wildman–Crippen MR) is 105 cm³/mol. The predicted octanol–water partition coefficient (Wildman–Crippen LogP) is 2.42. The average Bonchev–Trinajstić information content (AvgIpc) is 3.03. The fourth-order valence-electron chi connectivity index (χ4n) is 3.28. The summed E-state index contributed by atoms with van der Waals surface area (Å²) in [7, 11) is 0. The van der Waals surface area contributed by atoms with Gasteiger partial charge in [-0.3, -0.25) is 19.5 Å². The van der Waals surface area contributed by atoms with E-state index in [-0.39, 0.29) is 24.4 Å². The molecular formula is C21H26N4O2. The maximum Gasteiger partial charge on any atom is 0.238 e. The third-order valence-electron chi connectivity index (χ3n) is 4.88. The molecule has 0 unspecified atom stereocenters. The zero-order valence-corrected chi connectivity index (χ0v) is 15.9. The Kier molecular flexibility index (Phi) is 6.19. The summed E-state index contributed by atoms with van der Waals surface area (Å²) in [4.78, 5) is 30.2. The van der Waals surface area contributed by atoms with E-state index in [9.17, 15) is 9.59 Å². The Bertz CT molecular complexity index is 807. The van der Waals surface area contributed by atoms with Crippen LogP contribution in [0.15, 0.2) is 42.7 Å². The first-order valence-electron chi connectivity index (χ1n) is 9.27. The molecule has 1 fully saturated rings. The maximum absolute atomic E-state index is 12.6. The van der Waals surface area contributed by atoms with Gasteiger partial charge in [0.25, 0.3) is 0 Å². The van der Waals surface area contributed by atoms with Gasteiger partial charge in [-0.1, -0.05) is 6.07 Å². The lowest BCUT2D eigenvalue weighted by Crippen LogP contribution is -2.41. The number of carbonyl (C=O) groups is 2. The zero-order chi connectivity index (χ0) is 19.2. The topological polar surface area (TPSA) is 74.3 Å². The molecule has 2 heterocycles.